The number of nitrogens with one attached hydrogen (secondary N) is 1. The van der Waals surface area contributed by atoms with Crippen molar-refractivity contribution < 1.29 is 23.9 Å². The molecule has 0 radical (unpaired) electrons. The van der Waals surface area contributed by atoms with Crippen molar-refractivity contribution in [2.45, 2.75) is 18.5 Å². The van der Waals surface area contributed by atoms with Crippen LogP contribution in [0.25, 0.3) is 0 Å². The summed E-state index contributed by atoms with van der Waals surface area (Å²) in [4.78, 5) is 55.1. The number of ether oxygens (including phenoxy) is 1. The van der Waals surface area contributed by atoms with Gasteiger partial charge in [-0.15, -0.1) is 11.3 Å². The topological polar surface area (TPSA) is 92.8 Å². The number of carbonyl (C=O) groups excluding carboxylic acids is 4. The van der Waals surface area contributed by atoms with Gasteiger partial charge in [0.25, 0.3) is 0 Å². The molecule has 3 heterocycles. The Morgan fingerprint density at radius 2 is 1.76 bits per heavy atom. The fourth-order valence-corrected chi connectivity index (χ4v) is 5.99. The van der Waals surface area contributed by atoms with Gasteiger partial charge in [-0.25, -0.2) is 9.69 Å². The molecule has 2 amide bonds. The van der Waals surface area contributed by atoms with Crippen LogP contribution in [-0.4, -0.2) is 30.7 Å². The number of rotatable bonds is 5. The normalized spacial score (nSPS) is 25.9. The van der Waals surface area contributed by atoms with Crippen molar-refractivity contribution in [3.05, 3.63) is 88.1 Å². The predicted octanol–water partition coefficient (Wildman–Crippen LogP) is 3.47. The second-order valence-corrected chi connectivity index (χ2v) is 9.40. The number of esters is 1. The first kappa shape index (κ1) is 22.2. The first-order chi connectivity index (χ1) is 16.4. The minimum atomic E-state index is -1.55. The maximum atomic E-state index is 14.0. The molecule has 4 atom stereocenters. The van der Waals surface area contributed by atoms with Gasteiger partial charge < -0.3 is 4.74 Å². The number of nitrogens with zero attached hydrogens (tertiary/aromatic N) is 1. The molecule has 2 aromatic carbocycles. The van der Waals surface area contributed by atoms with Crippen molar-refractivity contribution in [3.8, 4) is 0 Å². The van der Waals surface area contributed by atoms with Gasteiger partial charge in [0.1, 0.15) is 0 Å². The minimum Gasteiger partial charge on any atom is -0.467 e. The molecule has 5 rings (SSSR count). The van der Waals surface area contributed by atoms with E-state index < -0.39 is 41.2 Å². The molecule has 1 N–H and O–H groups in total. The molecule has 7 nitrogen and oxygen atoms in total. The number of carbonyl (C=O) groups is 4. The third kappa shape index (κ3) is 3.13. The summed E-state index contributed by atoms with van der Waals surface area (Å²) in [5, 5.41) is 5.24. The highest BCUT2D eigenvalue weighted by Gasteiger charge is 2.69. The van der Waals surface area contributed by atoms with Crippen molar-refractivity contribution >= 4 is 40.6 Å². The molecule has 1 aromatic heterocycles. The lowest BCUT2D eigenvalue weighted by Gasteiger charge is -2.32. The minimum absolute atomic E-state index is 0.174. The van der Waals surface area contributed by atoms with E-state index in [1.54, 1.807) is 42.5 Å². The van der Waals surface area contributed by atoms with Crippen LogP contribution in [0.3, 0.4) is 0 Å². The van der Waals surface area contributed by atoms with E-state index in [1.807, 2.05) is 23.6 Å². The fraction of sp³-hybridized carbons (Fsp3) is 0.231. The first-order valence-corrected chi connectivity index (χ1v) is 11.7. The van der Waals surface area contributed by atoms with Gasteiger partial charge in [-0.3, -0.25) is 19.7 Å². The molecule has 2 aliphatic rings. The van der Waals surface area contributed by atoms with Gasteiger partial charge >= 0.3 is 5.97 Å². The van der Waals surface area contributed by atoms with Crippen molar-refractivity contribution in [2.75, 3.05) is 12.0 Å². The molecule has 34 heavy (non-hydrogen) atoms. The van der Waals surface area contributed by atoms with Crippen LogP contribution in [-0.2, 0) is 24.7 Å². The van der Waals surface area contributed by atoms with E-state index >= 15 is 0 Å². The predicted molar refractivity (Wildman–Crippen MR) is 126 cm³/mol. The van der Waals surface area contributed by atoms with Crippen LogP contribution in [0.5, 0.6) is 0 Å². The van der Waals surface area contributed by atoms with Gasteiger partial charge in [-0.1, -0.05) is 48.5 Å². The zero-order chi connectivity index (χ0) is 24.0. The fourth-order valence-electron chi connectivity index (χ4n) is 5.17. The summed E-state index contributed by atoms with van der Waals surface area (Å²) in [7, 11) is 1.28. The van der Waals surface area contributed by atoms with Crippen molar-refractivity contribution in [3.63, 3.8) is 0 Å². The van der Waals surface area contributed by atoms with Crippen LogP contribution in [0.4, 0.5) is 5.69 Å². The summed E-state index contributed by atoms with van der Waals surface area (Å²) < 4.78 is 5.22. The number of fused-ring (bicyclic) bond motifs is 1. The molecule has 0 spiro atoms. The molecule has 8 heteroatoms. The largest absolute Gasteiger partial charge is 0.467 e. The number of Topliss-reactive ketones (excluding diaryl/α,β-unsaturated/α-hetero) is 1. The van der Waals surface area contributed by atoms with Crippen LogP contribution in [0.1, 0.15) is 33.8 Å². The Labute approximate surface area is 200 Å². The van der Waals surface area contributed by atoms with Crippen LogP contribution in [0, 0.1) is 11.8 Å². The number of amides is 2. The van der Waals surface area contributed by atoms with Crippen LogP contribution in [0.2, 0.25) is 0 Å². The monoisotopic (exact) mass is 474 g/mol. The first-order valence-electron chi connectivity index (χ1n) is 10.8. The molecular weight excluding hydrogens is 452 g/mol. The second kappa shape index (κ2) is 8.30. The third-order valence-electron chi connectivity index (χ3n) is 6.66. The van der Waals surface area contributed by atoms with Gasteiger partial charge in [0.05, 0.1) is 30.7 Å². The lowest BCUT2D eigenvalue weighted by molar-refractivity contribution is -0.152. The van der Waals surface area contributed by atoms with Gasteiger partial charge in [-0.2, -0.15) is 0 Å². The molecule has 0 bridgehead atoms. The Hall–Kier alpha value is -3.62. The zero-order valence-electron chi connectivity index (χ0n) is 18.6. The second-order valence-electron chi connectivity index (χ2n) is 8.42. The average molecular weight is 475 g/mol. The van der Waals surface area contributed by atoms with Crippen molar-refractivity contribution in [2.24, 2.45) is 11.8 Å². The maximum absolute atomic E-state index is 14.0. The third-order valence-corrected chi connectivity index (χ3v) is 7.61. The van der Waals surface area contributed by atoms with Crippen molar-refractivity contribution in [1.82, 2.24) is 5.32 Å². The summed E-state index contributed by atoms with van der Waals surface area (Å²) in [6.45, 7) is 1.43. The lowest BCUT2D eigenvalue weighted by atomic mass is 9.75. The van der Waals surface area contributed by atoms with E-state index in [2.05, 4.69) is 5.32 Å². The highest BCUT2D eigenvalue weighted by atomic mass is 32.1. The Morgan fingerprint density at radius 3 is 2.41 bits per heavy atom. The molecule has 3 aromatic rings. The van der Waals surface area contributed by atoms with Crippen LogP contribution >= 0.6 is 11.3 Å². The number of hydrogen-bond donors (Lipinski definition) is 1. The number of benzene rings is 2. The molecule has 172 valence electrons. The average Bonchev–Trinajstić information content (AvgIpc) is 3.56. The number of imide groups is 1. The number of ketones is 1. The van der Waals surface area contributed by atoms with E-state index in [0.29, 0.717) is 16.8 Å². The summed E-state index contributed by atoms with van der Waals surface area (Å²) in [5.74, 6) is -3.57. The summed E-state index contributed by atoms with van der Waals surface area (Å²) in [5.41, 5.74) is -0.287. The molecule has 0 unspecified atom stereocenters. The van der Waals surface area contributed by atoms with Crippen LogP contribution in [0.15, 0.2) is 72.1 Å². The van der Waals surface area contributed by atoms with Gasteiger partial charge in [0, 0.05) is 10.4 Å². The smallest absolute Gasteiger partial charge is 0.331 e. The summed E-state index contributed by atoms with van der Waals surface area (Å²) in [6.07, 6.45) is 0. The Bertz CT molecular complexity index is 1290. The Kier molecular flexibility index (Phi) is 5.42. The quantitative estimate of drug-likeness (QED) is 0.346. The number of anilines is 1. The van der Waals surface area contributed by atoms with E-state index in [-0.39, 0.29) is 5.78 Å². The zero-order valence-corrected chi connectivity index (χ0v) is 19.4. The number of thiophene rings is 1. The number of hydrogen-bond acceptors (Lipinski definition) is 7. The number of methoxy groups -OCH3 is 1. The van der Waals surface area contributed by atoms with E-state index in [4.69, 9.17) is 4.74 Å². The molecule has 0 saturated carbocycles. The van der Waals surface area contributed by atoms with Gasteiger partial charge in [-0.05, 0) is 36.1 Å². The van der Waals surface area contributed by atoms with Gasteiger partial charge in [0.2, 0.25) is 11.8 Å². The standard InChI is InChI=1S/C26H22N2O5S/c1-15(29)16-8-6-11-18(14-16)28-23(30)20-21(24(28)31)26(25(32)33-2,17-9-4-3-5-10-17)27-22(20)19-12-7-13-34-19/h3-14,20-22,27H,1-2H3/t20-,21-,22-,26+/m0/s1. The molecule has 2 saturated heterocycles. The lowest BCUT2D eigenvalue weighted by Crippen LogP contribution is -2.53. The van der Waals surface area contributed by atoms with E-state index in [1.165, 1.54) is 31.4 Å². The molecular formula is C26H22N2O5S. The SMILES string of the molecule is COC(=O)[C@]1(c2ccccc2)N[C@@H](c2cccs2)[C@H]2C(=O)N(c3cccc(C(C)=O)c3)C(=O)[C@H]21. The molecule has 2 aliphatic heterocycles. The summed E-state index contributed by atoms with van der Waals surface area (Å²) in [6, 6.07) is 18.5. The van der Waals surface area contributed by atoms with E-state index in [0.717, 1.165) is 9.78 Å². The Morgan fingerprint density at radius 1 is 1.00 bits per heavy atom. The van der Waals surface area contributed by atoms with Gasteiger partial charge in [0.15, 0.2) is 11.3 Å². The molecule has 2 fully saturated rings. The van der Waals surface area contributed by atoms with Crippen molar-refractivity contribution in [1.29, 1.82) is 0 Å². The Balaban J connectivity index is 1.71. The highest BCUT2D eigenvalue weighted by Crippen LogP contribution is 2.54. The summed E-state index contributed by atoms with van der Waals surface area (Å²) >= 11 is 1.45. The van der Waals surface area contributed by atoms with E-state index in [9.17, 15) is 19.2 Å². The van der Waals surface area contributed by atoms with Crippen LogP contribution < -0.4 is 10.2 Å². The maximum Gasteiger partial charge on any atom is 0.331 e. The molecule has 0 aliphatic carbocycles. The highest BCUT2D eigenvalue weighted by molar-refractivity contribution is 7.10.